The summed E-state index contributed by atoms with van der Waals surface area (Å²) in [5, 5.41) is 8.40. The van der Waals surface area contributed by atoms with Gasteiger partial charge in [0.05, 0.1) is 6.54 Å². The van der Waals surface area contributed by atoms with E-state index in [-0.39, 0.29) is 6.61 Å². The van der Waals surface area contributed by atoms with Crippen molar-refractivity contribution in [2.24, 2.45) is 0 Å². The highest BCUT2D eigenvalue weighted by atomic mass is 19.3. The maximum atomic E-state index is 12.8. The molecule has 0 aliphatic rings. The molecule has 0 saturated heterocycles. The molecule has 0 bridgehead atoms. The molecule has 1 aromatic carbocycles. The first-order valence-corrected chi connectivity index (χ1v) is 5.35. The molecule has 0 atom stereocenters. The van der Waals surface area contributed by atoms with E-state index in [2.05, 4.69) is 0 Å². The second kappa shape index (κ2) is 6.30. The van der Waals surface area contributed by atoms with Crippen molar-refractivity contribution < 1.29 is 23.4 Å². The van der Waals surface area contributed by atoms with Crippen LogP contribution in [0.2, 0.25) is 0 Å². The molecule has 0 aromatic heterocycles. The zero-order valence-electron chi connectivity index (χ0n) is 9.97. The van der Waals surface area contributed by atoms with Crippen LogP contribution in [0.1, 0.15) is 5.56 Å². The fourth-order valence-corrected chi connectivity index (χ4v) is 1.29. The Hall–Kier alpha value is -1.69. The monoisotopic (exact) mass is 259 g/mol. The van der Waals surface area contributed by atoms with Gasteiger partial charge in [0.25, 0.3) is 5.92 Å². The van der Waals surface area contributed by atoms with Crippen LogP contribution in [-0.4, -0.2) is 42.2 Å². The van der Waals surface area contributed by atoms with E-state index in [0.717, 1.165) is 10.5 Å². The van der Waals surface area contributed by atoms with Crippen molar-refractivity contribution in [3.63, 3.8) is 0 Å². The third-order valence-corrected chi connectivity index (χ3v) is 2.22. The summed E-state index contributed by atoms with van der Waals surface area (Å²) in [7, 11) is 1.19. The molecule has 0 spiro atoms. The first-order chi connectivity index (χ1) is 8.44. The molecule has 0 saturated carbocycles. The summed E-state index contributed by atoms with van der Waals surface area (Å²) < 4.78 is 30.5. The van der Waals surface area contributed by atoms with Gasteiger partial charge in [-0.25, -0.2) is 13.6 Å². The number of carbonyl (C=O) groups excluding carboxylic acids is 1. The molecule has 0 heterocycles. The number of hydrogen-bond donors (Lipinski definition) is 1. The van der Waals surface area contributed by atoms with Crippen LogP contribution in [0.3, 0.4) is 0 Å². The van der Waals surface area contributed by atoms with Crippen LogP contribution in [0, 0.1) is 0 Å². The third kappa shape index (κ3) is 4.67. The first kappa shape index (κ1) is 14.4. The summed E-state index contributed by atoms with van der Waals surface area (Å²) in [6.45, 7) is -2.16. The Kier molecular flexibility index (Phi) is 5.03. The molecule has 18 heavy (non-hydrogen) atoms. The van der Waals surface area contributed by atoms with Crippen molar-refractivity contribution in [1.82, 2.24) is 4.90 Å². The SMILES string of the molecule is CN(CC(F)(F)CO)C(=O)OCc1ccccc1. The topological polar surface area (TPSA) is 49.8 Å². The van der Waals surface area contributed by atoms with Gasteiger partial charge in [0, 0.05) is 7.05 Å². The summed E-state index contributed by atoms with van der Waals surface area (Å²) in [4.78, 5) is 12.1. The van der Waals surface area contributed by atoms with Gasteiger partial charge in [-0.2, -0.15) is 0 Å². The van der Waals surface area contributed by atoms with Gasteiger partial charge in [0.1, 0.15) is 13.2 Å². The number of alkyl halides is 2. The smallest absolute Gasteiger partial charge is 0.410 e. The van der Waals surface area contributed by atoms with Crippen LogP contribution in [0.25, 0.3) is 0 Å². The lowest BCUT2D eigenvalue weighted by Crippen LogP contribution is -2.40. The number of amides is 1. The molecule has 1 aromatic rings. The Morgan fingerprint density at radius 1 is 1.39 bits per heavy atom. The van der Waals surface area contributed by atoms with Crippen molar-refractivity contribution in [3.05, 3.63) is 35.9 Å². The van der Waals surface area contributed by atoms with E-state index < -0.39 is 25.2 Å². The minimum Gasteiger partial charge on any atom is -0.445 e. The van der Waals surface area contributed by atoms with E-state index in [9.17, 15) is 13.6 Å². The normalized spacial score (nSPS) is 11.1. The van der Waals surface area contributed by atoms with Gasteiger partial charge in [-0.15, -0.1) is 0 Å². The van der Waals surface area contributed by atoms with E-state index in [1.54, 1.807) is 24.3 Å². The summed E-state index contributed by atoms with van der Waals surface area (Å²) in [5.41, 5.74) is 0.771. The van der Waals surface area contributed by atoms with Crippen LogP contribution in [-0.2, 0) is 11.3 Å². The van der Waals surface area contributed by atoms with Crippen LogP contribution in [0.4, 0.5) is 13.6 Å². The van der Waals surface area contributed by atoms with Crippen molar-refractivity contribution in [3.8, 4) is 0 Å². The van der Waals surface area contributed by atoms with E-state index in [0.29, 0.717) is 0 Å². The van der Waals surface area contributed by atoms with Gasteiger partial charge in [0.15, 0.2) is 0 Å². The van der Waals surface area contributed by atoms with Gasteiger partial charge in [-0.1, -0.05) is 30.3 Å². The summed E-state index contributed by atoms with van der Waals surface area (Å²) in [6, 6.07) is 8.91. The van der Waals surface area contributed by atoms with Crippen molar-refractivity contribution in [2.45, 2.75) is 12.5 Å². The Labute approximate surface area is 104 Å². The molecular formula is C12H15F2NO3. The summed E-state index contributed by atoms with van der Waals surface area (Å²) >= 11 is 0. The van der Waals surface area contributed by atoms with Crippen molar-refractivity contribution in [2.75, 3.05) is 20.2 Å². The largest absolute Gasteiger partial charge is 0.445 e. The minimum absolute atomic E-state index is 0.0225. The van der Waals surface area contributed by atoms with E-state index in [4.69, 9.17) is 9.84 Å². The second-order valence-corrected chi connectivity index (χ2v) is 3.91. The average Bonchev–Trinajstić information content (AvgIpc) is 2.36. The van der Waals surface area contributed by atoms with Crippen molar-refractivity contribution >= 4 is 6.09 Å². The Bertz CT molecular complexity index is 384. The molecule has 0 aliphatic heterocycles. The van der Waals surface area contributed by atoms with Crippen molar-refractivity contribution in [1.29, 1.82) is 0 Å². The number of hydrogen-bond acceptors (Lipinski definition) is 3. The summed E-state index contributed by atoms with van der Waals surface area (Å²) in [5.74, 6) is -3.32. The predicted molar refractivity (Wildman–Crippen MR) is 61.3 cm³/mol. The number of aliphatic hydroxyl groups excluding tert-OH is 1. The molecule has 0 radical (unpaired) electrons. The number of benzene rings is 1. The molecule has 1 N–H and O–H groups in total. The standard InChI is InChI=1S/C12H15F2NO3/c1-15(8-12(13,14)9-16)11(17)18-7-10-5-3-2-4-6-10/h2-6,16H,7-9H2,1H3. The first-order valence-electron chi connectivity index (χ1n) is 5.35. The minimum atomic E-state index is -3.32. The number of ether oxygens (including phenoxy) is 1. The van der Waals surface area contributed by atoms with E-state index >= 15 is 0 Å². The Morgan fingerprint density at radius 3 is 2.56 bits per heavy atom. The van der Waals surface area contributed by atoms with Gasteiger partial charge >= 0.3 is 6.09 Å². The zero-order valence-corrected chi connectivity index (χ0v) is 9.97. The van der Waals surface area contributed by atoms with Crippen LogP contribution >= 0.6 is 0 Å². The van der Waals surface area contributed by atoms with Gasteiger partial charge in [0.2, 0.25) is 0 Å². The maximum Gasteiger partial charge on any atom is 0.410 e. The molecule has 100 valence electrons. The molecule has 1 rings (SSSR count). The highest BCUT2D eigenvalue weighted by molar-refractivity contribution is 5.67. The molecular weight excluding hydrogens is 244 g/mol. The van der Waals surface area contributed by atoms with Crippen LogP contribution in [0.5, 0.6) is 0 Å². The van der Waals surface area contributed by atoms with Gasteiger partial charge in [-0.05, 0) is 5.56 Å². The molecule has 0 fully saturated rings. The highest BCUT2D eigenvalue weighted by Crippen LogP contribution is 2.14. The maximum absolute atomic E-state index is 12.8. The summed E-state index contributed by atoms with van der Waals surface area (Å²) in [6.07, 6.45) is -0.855. The number of carbonyl (C=O) groups is 1. The van der Waals surface area contributed by atoms with Crippen LogP contribution in [0.15, 0.2) is 30.3 Å². The fraction of sp³-hybridized carbons (Fsp3) is 0.417. The highest BCUT2D eigenvalue weighted by Gasteiger charge is 2.31. The fourth-order valence-electron chi connectivity index (χ4n) is 1.29. The van der Waals surface area contributed by atoms with Gasteiger partial charge < -0.3 is 14.7 Å². The zero-order chi connectivity index (χ0) is 13.6. The van der Waals surface area contributed by atoms with Gasteiger partial charge in [-0.3, -0.25) is 0 Å². The lowest BCUT2D eigenvalue weighted by molar-refractivity contribution is -0.0670. The number of rotatable bonds is 5. The number of aliphatic hydroxyl groups is 1. The molecule has 6 heteroatoms. The number of nitrogens with zero attached hydrogens (tertiary/aromatic N) is 1. The molecule has 4 nitrogen and oxygen atoms in total. The molecule has 1 amide bonds. The molecule has 0 unspecified atom stereocenters. The molecule has 0 aliphatic carbocycles. The lowest BCUT2D eigenvalue weighted by Gasteiger charge is -2.21. The predicted octanol–water partition coefficient (Wildman–Crippen LogP) is 1.88. The van der Waals surface area contributed by atoms with E-state index in [1.165, 1.54) is 7.05 Å². The average molecular weight is 259 g/mol. The van der Waals surface area contributed by atoms with Crippen LogP contribution < -0.4 is 0 Å². The number of halogens is 2. The Morgan fingerprint density at radius 2 is 2.00 bits per heavy atom. The Balaban J connectivity index is 2.41. The second-order valence-electron chi connectivity index (χ2n) is 3.91. The quantitative estimate of drug-likeness (QED) is 0.878. The van der Waals surface area contributed by atoms with E-state index in [1.807, 2.05) is 6.07 Å². The lowest BCUT2D eigenvalue weighted by atomic mass is 10.2. The third-order valence-electron chi connectivity index (χ3n) is 2.22.